The molecule has 0 atom stereocenters. The van der Waals surface area contributed by atoms with Crippen LogP contribution in [0, 0.1) is 0 Å². The summed E-state index contributed by atoms with van der Waals surface area (Å²) in [6.45, 7) is 0. The number of carbonyl (C=O) groups is 1. The van der Waals surface area contributed by atoms with Crippen molar-refractivity contribution in [2.75, 3.05) is 12.8 Å². The lowest BCUT2D eigenvalue weighted by Gasteiger charge is -2.06. The first-order chi connectivity index (χ1) is 9.62. The van der Waals surface area contributed by atoms with Crippen molar-refractivity contribution in [2.45, 2.75) is 9.92 Å². The molecule has 1 heterocycles. The van der Waals surface area contributed by atoms with Gasteiger partial charge in [0.15, 0.2) is 0 Å². The molecule has 6 nitrogen and oxygen atoms in total. The maximum atomic E-state index is 11.5. The average molecular weight is 290 g/mol. The van der Waals surface area contributed by atoms with E-state index in [-0.39, 0.29) is 5.91 Å². The van der Waals surface area contributed by atoms with E-state index in [1.54, 1.807) is 30.3 Å². The maximum absolute atomic E-state index is 11.5. The summed E-state index contributed by atoms with van der Waals surface area (Å²) in [4.78, 5) is 16.6. The first-order valence-corrected chi connectivity index (χ1v) is 6.54. The van der Waals surface area contributed by atoms with Crippen LogP contribution in [-0.2, 0) is 0 Å². The number of hydrazine groups is 1. The predicted molar refractivity (Wildman–Crippen MR) is 77.4 cm³/mol. The lowest BCUT2D eigenvalue weighted by molar-refractivity contribution is 0.0953. The molecule has 1 amide bonds. The van der Waals surface area contributed by atoms with Gasteiger partial charge in [0, 0.05) is 22.2 Å². The van der Waals surface area contributed by atoms with Crippen molar-refractivity contribution in [2.24, 2.45) is 5.84 Å². The van der Waals surface area contributed by atoms with Gasteiger partial charge >= 0.3 is 0 Å². The van der Waals surface area contributed by atoms with Gasteiger partial charge in [-0.15, -0.1) is 0 Å². The Morgan fingerprint density at radius 3 is 2.85 bits per heavy atom. The van der Waals surface area contributed by atoms with Gasteiger partial charge in [0.25, 0.3) is 5.91 Å². The Morgan fingerprint density at radius 1 is 1.35 bits per heavy atom. The van der Waals surface area contributed by atoms with Crippen molar-refractivity contribution < 1.29 is 9.53 Å². The van der Waals surface area contributed by atoms with E-state index in [4.69, 9.17) is 16.3 Å². The van der Waals surface area contributed by atoms with Crippen LogP contribution in [0.3, 0.4) is 0 Å². The number of carbonyl (C=O) groups excluding carboxylic acids is 1. The molecule has 0 spiro atoms. The molecule has 0 radical (unpaired) electrons. The fraction of sp³-hybridized carbons (Fsp3) is 0.0769. The van der Waals surface area contributed by atoms with Crippen molar-refractivity contribution >= 4 is 23.4 Å². The SMILES string of the molecule is COc1cc(N)cc(Sc2cccc(C(=O)NN)c2)n1. The van der Waals surface area contributed by atoms with Crippen LogP contribution >= 0.6 is 11.8 Å². The van der Waals surface area contributed by atoms with E-state index in [1.165, 1.54) is 18.9 Å². The maximum Gasteiger partial charge on any atom is 0.265 e. The van der Waals surface area contributed by atoms with Crippen LogP contribution < -0.4 is 21.7 Å². The summed E-state index contributed by atoms with van der Waals surface area (Å²) in [7, 11) is 1.53. The number of pyridine rings is 1. The van der Waals surface area contributed by atoms with Gasteiger partial charge in [-0.2, -0.15) is 0 Å². The highest BCUT2D eigenvalue weighted by Gasteiger charge is 2.07. The fourth-order valence-corrected chi connectivity index (χ4v) is 2.47. The molecule has 20 heavy (non-hydrogen) atoms. The number of nitrogens with zero attached hydrogens (tertiary/aromatic N) is 1. The number of nitrogens with two attached hydrogens (primary N) is 2. The number of benzene rings is 1. The van der Waals surface area contributed by atoms with E-state index in [1.807, 2.05) is 6.07 Å². The van der Waals surface area contributed by atoms with E-state index in [9.17, 15) is 4.79 Å². The summed E-state index contributed by atoms with van der Waals surface area (Å²) in [6.07, 6.45) is 0. The molecule has 2 rings (SSSR count). The molecule has 0 saturated heterocycles. The highest BCUT2D eigenvalue weighted by Crippen LogP contribution is 2.29. The van der Waals surface area contributed by atoms with Crippen LogP contribution in [0.5, 0.6) is 5.88 Å². The largest absolute Gasteiger partial charge is 0.481 e. The monoisotopic (exact) mass is 290 g/mol. The quantitative estimate of drug-likeness (QED) is 0.447. The first-order valence-electron chi connectivity index (χ1n) is 5.73. The van der Waals surface area contributed by atoms with Gasteiger partial charge in [-0.1, -0.05) is 17.8 Å². The van der Waals surface area contributed by atoms with Gasteiger partial charge in [-0.05, 0) is 24.3 Å². The van der Waals surface area contributed by atoms with Crippen LogP contribution in [0.4, 0.5) is 5.69 Å². The topological polar surface area (TPSA) is 103 Å². The predicted octanol–water partition coefficient (Wildman–Crippen LogP) is 1.43. The average Bonchev–Trinajstić information content (AvgIpc) is 2.46. The molecule has 2 aromatic rings. The minimum absolute atomic E-state index is 0.342. The molecule has 7 heteroatoms. The number of anilines is 1. The van der Waals surface area contributed by atoms with Crippen molar-refractivity contribution in [1.82, 2.24) is 10.4 Å². The van der Waals surface area contributed by atoms with Crippen LogP contribution in [0.25, 0.3) is 0 Å². The van der Waals surface area contributed by atoms with E-state index in [0.717, 1.165) is 4.90 Å². The molecule has 104 valence electrons. The summed E-state index contributed by atoms with van der Waals surface area (Å²) >= 11 is 1.38. The van der Waals surface area contributed by atoms with Crippen molar-refractivity contribution in [3.05, 3.63) is 42.0 Å². The first kappa shape index (κ1) is 14.2. The third-order valence-electron chi connectivity index (χ3n) is 2.46. The van der Waals surface area contributed by atoms with Crippen molar-refractivity contribution in [3.63, 3.8) is 0 Å². The number of hydrogen-bond acceptors (Lipinski definition) is 6. The Bertz CT molecular complexity index is 634. The van der Waals surface area contributed by atoms with Crippen LogP contribution in [-0.4, -0.2) is 18.0 Å². The zero-order valence-electron chi connectivity index (χ0n) is 10.8. The molecule has 0 unspecified atom stereocenters. The number of nitrogens with one attached hydrogen (secondary N) is 1. The Kier molecular flexibility index (Phi) is 4.44. The zero-order valence-corrected chi connectivity index (χ0v) is 11.6. The fourth-order valence-electron chi connectivity index (χ4n) is 1.56. The minimum Gasteiger partial charge on any atom is -0.481 e. The molecular weight excluding hydrogens is 276 g/mol. The summed E-state index contributed by atoms with van der Waals surface area (Å²) in [5.74, 6) is 5.22. The number of rotatable bonds is 4. The summed E-state index contributed by atoms with van der Waals surface area (Å²) in [5.41, 5.74) is 8.92. The van der Waals surface area contributed by atoms with Gasteiger partial charge in [0.2, 0.25) is 5.88 Å². The Hall–Kier alpha value is -2.25. The smallest absolute Gasteiger partial charge is 0.265 e. The van der Waals surface area contributed by atoms with Gasteiger partial charge in [0.1, 0.15) is 5.03 Å². The van der Waals surface area contributed by atoms with Crippen molar-refractivity contribution in [1.29, 1.82) is 0 Å². The van der Waals surface area contributed by atoms with Gasteiger partial charge in [0.05, 0.1) is 7.11 Å². The lowest BCUT2D eigenvalue weighted by atomic mass is 10.2. The second-order valence-corrected chi connectivity index (χ2v) is 4.98. The van der Waals surface area contributed by atoms with Crippen molar-refractivity contribution in [3.8, 4) is 5.88 Å². The lowest BCUT2D eigenvalue weighted by Crippen LogP contribution is -2.29. The minimum atomic E-state index is -0.342. The molecule has 0 fully saturated rings. The molecule has 0 aliphatic heterocycles. The highest BCUT2D eigenvalue weighted by atomic mass is 32.2. The number of amides is 1. The molecule has 5 N–H and O–H groups in total. The summed E-state index contributed by atoms with van der Waals surface area (Å²) in [5, 5.41) is 0.687. The molecular formula is C13H14N4O2S. The number of aromatic nitrogens is 1. The second-order valence-electron chi connectivity index (χ2n) is 3.88. The van der Waals surface area contributed by atoms with Gasteiger partial charge in [-0.3, -0.25) is 10.2 Å². The standard InChI is InChI=1S/C13H14N4O2S/c1-19-11-6-9(14)7-12(16-11)20-10-4-2-3-8(5-10)13(18)17-15/h2-7H,15H2,1H3,(H2,14,16)(H,17,18). The van der Waals surface area contributed by atoms with Crippen LogP contribution in [0.2, 0.25) is 0 Å². The highest BCUT2D eigenvalue weighted by molar-refractivity contribution is 7.99. The summed E-state index contributed by atoms with van der Waals surface area (Å²) < 4.78 is 5.07. The van der Waals surface area contributed by atoms with E-state index in [0.29, 0.717) is 22.2 Å². The second kappa shape index (κ2) is 6.27. The van der Waals surface area contributed by atoms with Gasteiger partial charge < -0.3 is 10.5 Å². The molecule has 0 aliphatic rings. The molecule has 0 bridgehead atoms. The third-order valence-corrected chi connectivity index (χ3v) is 3.37. The number of ether oxygens (including phenoxy) is 1. The number of hydrogen-bond donors (Lipinski definition) is 3. The van der Waals surface area contributed by atoms with E-state index < -0.39 is 0 Å². The zero-order chi connectivity index (χ0) is 14.5. The Labute approximate surface area is 120 Å². The third kappa shape index (κ3) is 3.40. The Morgan fingerprint density at radius 2 is 2.15 bits per heavy atom. The van der Waals surface area contributed by atoms with Crippen LogP contribution in [0.15, 0.2) is 46.3 Å². The van der Waals surface area contributed by atoms with E-state index in [2.05, 4.69) is 10.4 Å². The molecule has 0 saturated carbocycles. The van der Waals surface area contributed by atoms with Crippen LogP contribution in [0.1, 0.15) is 10.4 Å². The molecule has 1 aromatic heterocycles. The van der Waals surface area contributed by atoms with E-state index >= 15 is 0 Å². The summed E-state index contributed by atoms with van der Waals surface area (Å²) in [6, 6.07) is 10.4. The normalized spacial score (nSPS) is 10.1. The molecule has 1 aromatic carbocycles. The van der Waals surface area contributed by atoms with Gasteiger partial charge in [-0.25, -0.2) is 10.8 Å². The molecule has 0 aliphatic carbocycles. The Balaban J connectivity index is 2.26. The number of nitrogen functional groups attached to an aromatic ring is 2. The number of methoxy groups -OCH3 is 1.